The van der Waals surface area contributed by atoms with Gasteiger partial charge in [-0.1, -0.05) is 18.2 Å². The number of nitrogens with zero attached hydrogens (tertiary/aromatic N) is 1. The number of pyridine rings is 1. The maximum Gasteiger partial charge on any atom is 0.255 e. The lowest BCUT2D eigenvalue weighted by Crippen LogP contribution is -2.14. The third kappa shape index (κ3) is 3.85. The van der Waals surface area contributed by atoms with Crippen molar-refractivity contribution in [2.75, 3.05) is 10.6 Å². The van der Waals surface area contributed by atoms with E-state index in [1.165, 1.54) is 18.3 Å². The molecule has 0 radical (unpaired) electrons. The smallest absolute Gasteiger partial charge is 0.255 e. The quantitative estimate of drug-likeness (QED) is 0.696. The summed E-state index contributed by atoms with van der Waals surface area (Å²) in [5, 5.41) is 5.64. The van der Waals surface area contributed by atoms with Crippen molar-refractivity contribution in [1.29, 1.82) is 0 Å². The molecule has 2 aromatic carbocycles. The number of halogens is 2. The van der Waals surface area contributed by atoms with Crippen LogP contribution in [0.5, 0.6) is 0 Å². The first-order valence-electron chi connectivity index (χ1n) is 8.00. The first-order valence-corrected chi connectivity index (χ1v) is 8.00. The molecule has 0 bridgehead atoms. The number of hydrogen-bond donors (Lipinski definition) is 2. The molecule has 26 heavy (non-hydrogen) atoms. The van der Waals surface area contributed by atoms with Crippen LogP contribution in [0.3, 0.4) is 0 Å². The largest absolute Gasteiger partial charge is 0.338 e. The predicted octanol–water partition coefficient (Wildman–Crippen LogP) is 4.97. The van der Waals surface area contributed by atoms with E-state index in [0.717, 1.165) is 28.9 Å². The fourth-order valence-electron chi connectivity index (χ4n) is 2.57. The molecule has 4 nitrogen and oxygen atoms in total. The molecule has 0 spiro atoms. The van der Waals surface area contributed by atoms with E-state index in [1.54, 1.807) is 6.07 Å². The van der Waals surface area contributed by atoms with E-state index in [9.17, 15) is 13.6 Å². The Morgan fingerprint density at radius 3 is 2.42 bits per heavy atom. The Balaban J connectivity index is 1.81. The molecule has 0 saturated carbocycles. The number of hydrogen-bond acceptors (Lipinski definition) is 3. The number of anilines is 3. The molecule has 0 fully saturated rings. The van der Waals surface area contributed by atoms with Crippen LogP contribution in [0, 0.1) is 25.5 Å². The van der Waals surface area contributed by atoms with Gasteiger partial charge in [0.2, 0.25) is 0 Å². The van der Waals surface area contributed by atoms with Gasteiger partial charge in [-0.15, -0.1) is 0 Å². The molecular formula is C20H17F2N3O. The second-order valence-electron chi connectivity index (χ2n) is 5.90. The van der Waals surface area contributed by atoms with E-state index in [2.05, 4.69) is 15.6 Å². The van der Waals surface area contributed by atoms with Crippen LogP contribution in [0.25, 0.3) is 0 Å². The highest BCUT2D eigenvalue weighted by Crippen LogP contribution is 2.22. The van der Waals surface area contributed by atoms with Gasteiger partial charge in [0.05, 0.1) is 5.69 Å². The topological polar surface area (TPSA) is 54.0 Å². The van der Waals surface area contributed by atoms with Gasteiger partial charge in [-0.2, -0.15) is 0 Å². The Bertz CT molecular complexity index is 953. The standard InChI is InChI=1S/C20H17F2N3O/c1-12-4-3-5-13(2)19(12)25-20(26)14-8-9-23-18(10-14)24-17-7-6-15(21)11-16(17)22/h3-11H,1-2H3,(H,23,24)(H,25,26). The van der Waals surface area contributed by atoms with Gasteiger partial charge in [-0.25, -0.2) is 13.8 Å². The highest BCUT2D eigenvalue weighted by atomic mass is 19.1. The third-order valence-electron chi connectivity index (χ3n) is 3.94. The molecule has 0 atom stereocenters. The number of amides is 1. The molecule has 0 aliphatic heterocycles. The van der Waals surface area contributed by atoms with Crippen molar-refractivity contribution in [2.24, 2.45) is 0 Å². The van der Waals surface area contributed by atoms with Crippen LogP contribution >= 0.6 is 0 Å². The summed E-state index contributed by atoms with van der Waals surface area (Å²) in [5.74, 6) is -1.42. The second-order valence-corrected chi connectivity index (χ2v) is 5.90. The summed E-state index contributed by atoms with van der Waals surface area (Å²) in [5.41, 5.74) is 3.12. The van der Waals surface area contributed by atoms with Gasteiger partial charge in [0.1, 0.15) is 17.5 Å². The van der Waals surface area contributed by atoms with E-state index in [1.807, 2.05) is 32.0 Å². The minimum absolute atomic E-state index is 0.0752. The Kier molecular flexibility index (Phi) is 4.93. The van der Waals surface area contributed by atoms with Crippen molar-refractivity contribution in [2.45, 2.75) is 13.8 Å². The number of carbonyl (C=O) groups excluding carboxylic acids is 1. The molecular weight excluding hydrogens is 336 g/mol. The Hall–Kier alpha value is -3.28. The van der Waals surface area contributed by atoms with Gasteiger partial charge in [0.15, 0.2) is 0 Å². The van der Waals surface area contributed by atoms with Crippen molar-refractivity contribution in [3.8, 4) is 0 Å². The summed E-state index contributed by atoms with van der Waals surface area (Å²) >= 11 is 0. The Labute approximate surface area is 149 Å². The first kappa shape index (κ1) is 17.5. The molecule has 2 N–H and O–H groups in total. The number of para-hydroxylation sites is 1. The van der Waals surface area contributed by atoms with E-state index in [4.69, 9.17) is 0 Å². The van der Waals surface area contributed by atoms with Crippen LogP contribution in [-0.2, 0) is 0 Å². The van der Waals surface area contributed by atoms with Crippen LogP contribution in [0.4, 0.5) is 26.0 Å². The van der Waals surface area contributed by atoms with Gasteiger partial charge >= 0.3 is 0 Å². The summed E-state index contributed by atoms with van der Waals surface area (Å²) < 4.78 is 26.8. The molecule has 132 valence electrons. The zero-order valence-corrected chi connectivity index (χ0v) is 14.3. The fourth-order valence-corrected chi connectivity index (χ4v) is 2.57. The van der Waals surface area contributed by atoms with Crippen molar-refractivity contribution in [3.05, 3.63) is 83.1 Å². The van der Waals surface area contributed by atoms with Crippen LogP contribution in [-0.4, -0.2) is 10.9 Å². The van der Waals surface area contributed by atoms with Gasteiger partial charge in [-0.3, -0.25) is 4.79 Å². The summed E-state index contributed by atoms with van der Waals surface area (Å²) in [7, 11) is 0. The molecule has 3 aromatic rings. The minimum Gasteiger partial charge on any atom is -0.338 e. The first-order chi connectivity index (χ1) is 12.4. The molecule has 0 aliphatic rings. The Morgan fingerprint density at radius 1 is 1.00 bits per heavy atom. The van der Waals surface area contributed by atoms with Crippen molar-refractivity contribution >= 4 is 23.1 Å². The maximum atomic E-state index is 13.8. The number of benzene rings is 2. The van der Waals surface area contributed by atoms with Crippen molar-refractivity contribution < 1.29 is 13.6 Å². The van der Waals surface area contributed by atoms with Crippen molar-refractivity contribution in [1.82, 2.24) is 4.98 Å². The van der Waals surface area contributed by atoms with E-state index >= 15 is 0 Å². The predicted molar refractivity (Wildman–Crippen MR) is 97.7 cm³/mol. The number of carbonyl (C=O) groups is 1. The van der Waals surface area contributed by atoms with Gasteiger partial charge in [0.25, 0.3) is 5.91 Å². The molecule has 3 rings (SSSR count). The average molecular weight is 353 g/mol. The van der Waals surface area contributed by atoms with Gasteiger partial charge in [0, 0.05) is 23.5 Å². The summed E-state index contributed by atoms with van der Waals surface area (Å²) in [6.45, 7) is 3.83. The number of nitrogens with one attached hydrogen (secondary N) is 2. The molecule has 1 aromatic heterocycles. The lowest BCUT2D eigenvalue weighted by molar-refractivity contribution is 0.102. The molecule has 6 heteroatoms. The number of aryl methyl sites for hydroxylation is 2. The highest BCUT2D eigenvalue weighted by Gasteiger charge is 2.11. The molecule has 1 heterocycles. The molecule has 0 saturated heterocycles. The summed E-state index contributed by atoms with van der Waals surface area (Å²) in [4.78, 5) is 16.6. The van der Waals surface area contributed by atoms with Gasteiger partial charge in [-0.05, 0) is 49.2 Å². The molecule has 0 aliphatic carbocycles. The number of aromatic nitrogens is 1. The minimum atomic E-state index is -0.739. The summed E-state index contributed by atoms with van der Waals surface area (Å²) in [6.07, 6.45) is 1.45. The monoisotopic (exact) mass is 353 g/mol. The van der Waals surface area contributed by atoms with Crippen LogP contribution in [0.2, 0.25) is 0 Å². The second kappa shape index (κ2) is 7.31. The van der Waals surface area contributed by atoms with E-state index in [0.29, 0.717) is 5.56 Å². The van der Waals surface area contributed by atoms with E-state index in [-0.39, 0.29) is 17.4 Å². The lowest BCUT2D eigenvalue weighted by Gasteiger charge is -2.12. The van der Waals surface area contributed by atoms with Crippen LogP contribution in [0.15, 0.2) is 54.7 Å². The van der Waals surface area contributed by atoms with Crippen LogP contribution < -0.4 is 10.6 Å². The zero-order chi connectivity index (χ0) is 18.7. The fraction of sp³-hybridized carbons (Fsp3) is 0.100. The molecule has 1 amide bonds. The summed E-state index contributed by atoms with van der Waals surface area (Å²) in [6, 6.07) is 12.0. The van der Waals surface area contributed by atoms with Crippen molar-refractivity contribution in [3.63, 3.8) is 0 Å². The van der Waals surface area contributed by atoms with E-state index < -0.39 is 11.6 Å². The molecule has 0 unspecified atom stereocenters. The van der Waals surface area contributed by atoms with Gasteiger partial charge < -0.3 is 10.6 Å². The number of rotatable bonds is 4. The highest BCUT2D eigenvalue weighted by molar-refractivity contribution is 6.05. The zero-order valence-electron chi connectivity index (χ0n) is 14.3. The van der Waals surface area contributed by atoms with Crippen LogP contribution in [0.1, 0.15) is 21.5 Å². The SMILES string of the molecule is Cc1cccc(C)c1NC(=O)c1ccnc(Nc2ccc(F)cc2F)c1. The normalized spacial score (nSPS) is 10.5. The maximum absolute atomic E-state index is 13.8. The average Bonchev–Trinajstić information content (AvgIpc) is 2.61. The third-order valence-corrected chi connectivity index (χ3v) is 3.94. The Morgan fingerprint density at radius 2 is 1.73 bits per heavy atom. The lowest BCUT2D eigenvalue weighted by atomic mass is 10.1.